The minimum atomic E-state index is -0.192. The highest BCUT2D eigenvalue weighted by Gasteiger charge is 2.21. The van der Waals surface area contributed by atoms with Crippen LogP contribution >= 0.6 is 7.92 Å². The van der Waals surface area contributed by atoms with Crippen LogP contribution in [0.5, 0.6) is 0 Å². The van der Waals surface area contributed by atoms with Crippen molar-refractivity contribution >= 4 is 19.0 Å². The number of hydrogen-bond donors (Lipinski definition) is 0. The first-order valence-electron chi connectivity index (χ1n) is 8.50. The topological polar surface area (TPSA) is 18.0 Å². The molecule has 0 bridgehead atoms. The third-order valence-electron chi connectivity index (χ3n) is 3.64. The number of rotatable bonds is 7. The van der Waals surface area contributed by atoms with Crippen LogP contribution in [0.2, 0.25) is 0 Å². The molecule has 2 nitrogen and oxygen atoms in total. The summed E-state index contributed by atoms with van der Waals surface area (Å²) in [6.45, 7) is 11.4. The molecule has 0 radical (unpaired) electrons. The lowest BCUT2D eigenvalue weighted by molar-refractivity contribution is -0.600. The van der Waals surface area contributed by atoms with Gasteiger partial charge in [0.05, 0.1) is 0 Å². The highest BCUT2D eigenvalue weighted by Crippen LogP contribution is 2.38. The summed E-state index contributed by atoms with van der Waals surface area (Å²) in [5.74, 6) is 1.43. The zero-order valence-electron chi connectivity index (χ0n) is 15.0. The van der Waals surface area contributed by atoms with Gasteiger partial charge in [-0.25, -0.2) is 4.68 Å². The van der Waals surface area contributed by atoms with E-state index in [1.165, 1.54) is 23.3 Å². The lowest BCUT2D eigenvalue weighted by atomic mass is 10.2. The fraction of sp³-hybridized carbons (Fsp3) is 0.450. The van der Waals surface area contributed by atoms with Crippen molar-refractivity contribution in [2.45, 2.75) is 34.6 Å². The van der Waals surface area contributed by atoms with Crippen molar-refractivity contribution in [3.05, 3.63) is 59.7 Å². The van der Waals surface area contributed by atoms with Crippen LogP contribution in [0.25, 0.3) is 5.43 Å². The van der Waals surface area contributed by atoms with Gasteiger partial charge >= 0.3 is 0 Å². The zero-order chi connectivity index (χ0) is 16.8. The van der Waals surface area contributed by atoms with Crippen LogP contribution < -0.4 is 10.1 Å². The van der Waals surface area contributed by atoms with E-state index in [1.807, 2.05) is 0 Å². The predicted octanol–water partition coefficient (Wildman–Crippen LogP) is 5.17. The largest absolute Gasteiger partial charge is 0.404 e. The maximum atomic E-state index is 4.91. The number of hydrogen-bond acceptors (Lipinski definition) is 0. The van der Waals surface area contributed by atoms with E-state index in [-0.39, 0.29) is 7.92 Å². The molecule has 0 fully saturated rings. The Morgan fingerprint density at radius 3 is 2.13 bits per heavy atom. The Balaban J connectivity index is 2.32. The lowest BCUT2D eigenvalue weighted by Gasteiger charge is -2.25. The minimum Gasteiger partial charge on any atom is -0.404 e. The Hall–Kier alpha value is -1.40. The molecule has 0 amide bonds. The quantitative estimate of drug-likeness (QED) is 0.493. The molecule has 124 valence electrons. The average Bonchev–Trinajstić information content (AvgIpc) is 2.48. The van der Waals surface area contributed by atoms with Crippen molar-refractivity contribution in [1.29, 1.82) is 0 Å². The summed E-state index contributed by atoms with van der Waals surface area (Å²) in [6.07, 6.45) is 4.62. The molecule has 2 rings (SSSR count). The third-order valence-corrected chi connectivity index (χ3v) is 6.99. The van der Waals surface area contributed by atoms with Crippen LogP contribution in [0.3, 0.4) is 0 Å². The molecular formula is C20H29N2P. The van der Waals surface area contributed by atoms with E-state index in [0.717, 1.165) is 5.69 Å². The number of aryl methyl sites for hydroxylation is 1. The second kappa shape index (κ2) is 8.45. The van der Waals surface area contributed by atoms with E-state index in [2.05, 4.69) is 88.0 Å². The Morgan fingerprint density at radius 1 is 0.913 bits per heavy atom. The first kappa shape index (κ1) is 17.9. The van der Waals surface area contributed by atoms with Gasteiger partial charge in [-0.3, -0.25) is 0 Å². The second-order valence-electron chi connectivity index (χ2n) is 6.98. The van der Waals surface area contributed by atoms with Crippen molar-refractivity contribution in [2.75, 3.05) is 12.3 Å². The van der Waals surface area contributed by atoms with Gasteiger partial charge in [-0.15, -0.1) is 0 Å². The van der Waals surface area contributed by atoms with Crippen molar-refractivity contribution < 1.29 is 4.68 Å². The minimum absolute atomic E-state index is 0.192. The Bertz CT molecular complexity index is 613. The fourth-order valence-electron chi connectivity index (χ4n) is 2.70. The highest BCUT2D eigenvalue weighted by atomic mass is 31.1. The Kier molecular flexibility index (Phi) is 6.59. The molecule has 2 aromatic rings. The maximum absolute atomic E-state index is 4.91. The standard InChI is InChI=1S/C20H29N2P/c1-16(2)14-23(15-17(3)4)20-12-8-9-13-22(20)21-19-11-7-6-10-18(19)5/h6-13,16-17H,14-15H2,1-5H3. The molecule has 23 heavy (non-hydrogen) atoms. The molecule has 1 aromatic heterocycles. The molecule has 0 atom stereocenters. The molecular weight excluding hydrogens is 299 g/mol. The molecule has 0 spiro atoms. The van der Waals surface area contributed by atoms with Gasteiger partial charge in [-0.2, -0.15) is 0 Å². The molecule has 0 aliphatic carbocycles. The molecule has 0 saturated carbocycles. The summed E-state index contributed by atoms with van der Waals surface area (Å²) in [7, 11) is -0.192. The van der Waals surface area contributed by atoms with Crippen LogP contribution in [-0.2, 0) is 0 Å². The zero-order valence-corrected chi connectivity index (χ0v) is 15.9. The maximum Gasteiger partial charge on any atom is 0.197 e. The number of aromatic nitrogens is 1. The third kappa shape index (κ3) is 5.32. The SMILES string of the molecule is Cc1ccccc1[N-][n+]1ccccc1P(CC(C)C)CC(C)C. The monoisotopic (exact) mass is 328 g/mol. The predicted molar refractivity (Wildman–Crippen MR) is 102 cm³/mol. The highest BCUT2D eigenvalue weighted by molar-refractivity contribution is 7.65. The summed E-state index contributed by atoms with van der Waals surface area (Å²) in [5.41, 5.74) is 8.56. The van der Waals surface area contributed by atoms with Gasteiger partial charge in [0, 0.05) is 12.1 Å². The number of benzene rings is 1. The Labute approximate surface area is 142 Å². The van der Waals surface area contributed by atoms with Crippen LogP contribution in [0.15, 0.2) is 48.7 Å². The molecule has 0 unspecified atom stereocenters. The fourth-order valence-corrected chi connectivity index (χ4v) is 5.68. The molecule has 3 heteroatoms. The molecule has 0 aliphatic heterocycles. The molecule has 0 aliphatic rings. The summed E-state index contributed by atoms with van der Waals surface area (Å²) in [4.78, 5) is 0. The van der Waals surface area contributed by atoms with Gasteiger partial charge in [-0.05, 0) is 45.1 Å². The van der Waals surface area contributed by atoms with E-state index in [0.29, 0.717) is 11.8 Å². The van der Waals surface area contributed by atoms with E-state index in [9.17, 15) is 0 Å². The van der Waals surface area contributed by atoms with Crippen LogP contribution in [0, 0.1) is 18.8 Å². The van der Waals surface area contributed by atoms with Gasteiger partial charge in [0.2, 0.25) is 0 Å². The molecule has 0 saturated heterocycles. The summed E-state index contributed by atoms with van der Waals surface area (Å²) < 4.78 is 2.11. The van der Waals surface area contributed by atoms with E-state index in [1.54, 1.807) is 0 Å². The number of nitrogens with zero attached hydrogens (tertiary/aromatic N) is 2. The van der Waals surface area contributed by atoms with E-state index >= 15 is 0 Å². The van der Waals surface area contributed by atoms with Gasteiger partial charge in [0.1, 0.15) is 0 Å². The molecule has 0 N–H and O–H groups in total. The van der Waals surface area contributed by atoms with E-state index < -0.39 is 0 Å². The van der Waals surface area contributed by atoms with Crippen LogP contribution in [0.4, 0.5) is 5.69 Å². The lowest BCUT2D eigenvalue weighted by Crippen LogP contribution is -2.44. The molecule has 1 heterocycles. The second-order valence-corrected chi connectivity index (χ2v) is 9.25. The van der Waals surface area contributed by atoms with Crippen molar-refractivity contribution in [1.82, 2.24) is 0 Å². The normalized spacial score (nSPS) is 11.5. The van der Waals surface area contributed by atoms with Crippen molar-refractivity contribution in [3.8, 4) is 0 Å². The van der Waals surface area contributed by atoms with Crippen LogP contribution in [0.1, 0.15) is 33.3 Å². The van der Waals surface area contributed by atoms with Gasteiger partial charge in [-0.1, -0.05) is 63.2 Å². The summed E-state index contributed by atoms with van der Waals surface area (Å²) >= 11 is 0. The summed E-state index contributed by atoms with van der Waals surface area (Å²) in [5, 5.41) is 0. The van der Waals surface area contributed by atoms with Crippen molar-refractivity contribution in [3.63, 3.8) is 0 Å². The smallest absolute Gasteiger partial charge is 0.197 e. The molecule has 1 aromatic carbocycles. The summed E-state index contributed by atoms with van der Waals surface area (Å²) in [6, 6.07) is 14.8. The Morgan fingerprint density at radius 2 is 1.52 bits per heavy atom. The average molecular weight is 328 g/mol. The first-order chi connectivity index (χ1) is 11.0. The van der Waals surface area contributed by atoms with Gasteiger partial charge < -0.3 is 5.43 Å². The van der Waals surface area contributed by atoms with E-state index in [4.69, 9.17) is 5.43 Å². The number of pyridine rings is 1. The van der Waals surface area contributed by atoms with Gasteiger partial charge in [0.15, 0.2) is 11.6 Å². The first-order valence-corrected chi connectivity index (χ1v) is 10.2. The van der Waals surface area contributed by atoms with Crippen LogP contribution in [-0.4, -0.2) is 12.3 Å². The van der Waals surface area contributed by atoms with Gasteiger partial charge in [0.25, 0.3) is 0 Å². The van der Waals surface area contributed by atoms with Crippen molar-refractivity contribution in [2.24, 2.45) is 11.8 Å².